The van der Waals surface area contributed by atoms with Crippen molar-refractivity contribution in [2.45, 2.75) is 70.6 Å². The Morgan fingerprint density at radius 2 is 1.84 bits per heavy atom. The lowest BCUT2D eigenvalue weighted by Gasteiger charge is -2.35. The third-order valence-electron chi connectivity index (χ3n) is 6.70. The van der Waals surface area contributed by atoms with E-state index < -0.39 is 11.5 Å². The first-order valence-electron chi connectivity index (χ1n) is 11.4. The number of hydrogen-bond donors (Lipinski definition) is 2. The van der Waals surface area contributed by atoms with Gasteiger partial charge in [0.25, 0.3) is 0 Å². The number of aryl methyl sites for hydroxylation is 2. The van der Waals surface area contributed by atoms with Gasteiger partial charge in [-0.05, 0) is 61.1 Å². The molecular formula is C26H33NO4. The molecule has 0 radical (unpaired) electrons. The zero-order valence-electron chi connectivity index (χ0n) is 18.6. The Hall–Kier alpha value is -2.37. The van der Waals surface area contributed by atoms with Crippen molar-refractivity contribution in [1.82, 2.24) is 0 Å². The molecule has 2 aromatic rings. The largest absolute Gasteiger partial charge is 0.480 e. The van der Waals surface area contributed by atoms with Crippen LogP contribution in [0.3, 0.4) is 0 Å². The molecule has 2 N–H and O–H groups in total. The van der Waals surface area contributed by atoms with Crippen molar-refractivity contribution in [3.63, 3.8) is 0 Å². The molecule has 0 amide bonds. The lowest BCUT2D eigenvalue weighted by atomic mass is 9.89. The van der Waals surface area contributed by atoms with Gasteiger partial charge in [0.2, 0.25) is 0 Å². The first-order valence-corrected chi connectivity index (χ1v) is 11.4. The van der Waals surface area contributed by atoms with Gasteiger partial charge in [-0.25, -0.2) is 4.79 Å². The van der Waals surface area contributed by atoms with E-state index in [4.69, 9.17) is 9.47 Å². The molecule has 0 unspecified atom stereocenters. The second kappa shape index (κ2) is 9.41. The third kappa shape index (κ3) is 4.94. The zero-order chi connectivity index (χ0) is 21.8. The van der Waals surface area contributed by atoms with E-state index >= 15 is 0 Å². The van der Waals surface area contributed by atoms with Crippen molar-refractivity contribution in [3.8, 4) is 11.1 Å². The predicted octanol–water partition coefficient (Wildman–Crippen LogP) is 5.48. The summed E-state index contributed by atoms with van der Waals surface area (Å²) in [5.74, 6) is -0.821. The van der Waals surface area contributed by atoms with Crippen LogP contribution in [0, 0.1) is 13.8 Å². The van der Waals surface area contributed by atoms with E-state index in [0.29, 0.717) is 38.8 Å². The van der Waals surface area contributed by atoms with Crippen molar-refractivity contribution in [2.24, 2.45) is 0 Å². The van der Waals surface area contributed by atoms with Crippen molar-refractivity contribution in [1.29, 1.82) is 0 Å². The molecule has 1 saturated heterocycles. The fourth-order valence-electron chi connectivity index (χ4n) is 4.73. The Morgan fingerprint density at radius 1 is 1.10 bits per heavy atom. The van der Waals surface area contributed by atoms with Crippen molar-refractivity contribution < 1.29 is 19.4 Å². The smallest absolute Gasteiger partial charge is 0.329 e. The summed E-state index contributed by atoms with van der Waals surface area (Å²) in [7, 11) is 0. The predicted molar refractivity (Wildman–Crippen MR) is 122 cm³/mol. The number of anilines is 1. The average Bonchev–Trinajstić information content (AvgIpc) is 3.28. The molecule has 1 saturated carbocycles. The topological polar surface area (TPSA) is 67.8 Å². The number of benzene rings is 2. The summed E-state index contributed by atoms with van der Waals surface area (Å²) in [6.07, 6.45) is 5.95. The van der Waals surface area contributed by atoms with Gasteiger partial charge in [0.05, 0.1) is 12.7 Å². The molecule has 2 aliphatic rings. The highest BCUT2D eigenvalue weighted by Gasteiger charge is 2.40. The maximum absolute atomic E-state index is 12.1. The minimum Gasteiger partial charge on any atom is -0.480 e. The van der Waals surface area contributed by atoms with E-state index in [2.05, 4.69) is 49.5 Å². The monoisotopic (exact) mass is 423 g/mol. The van der Waals surface area contributed by atoms with Crippen LogP contribution in [0.25, 0.3) is 11.1 Å². The van der Waals surface area contributed by atoms with Gasteiger partial charge in [-0.15, -0.1) is 0 Å². The fraction of sp³-hybridized carbons (Fsp3) is 0.500. The Balaban J connectivity index is 1.66. The number of carboxylic acid groups (broad SMARTS) is 1. The summed E-state index contributed by atoms with van der Waals surface area (Å²) in [5.41, 5.74) is 5.73. The van der Waals surface area contributed by atoms with E-state index in [1.54, 1.807) is 0 Å². The summed E-state index contributed by atoms with van der Waals surface area (Å²) >= 11 is 0. The SMILES string of the molecule is Cc1ccc(C)c(-c2ccc(NC3(C(=O)O)CCOCC3)cc2COC2CCCC2)c1. The zero-order valence-corrected chi connectivity index (χ0v) is 18.6. The van der Waals surface area contributed by atoms with E-state index in [1.807, 2.05) is 6.07 Å². The highest BCUT2D eigenvalue weighted by atomic mass is 16.5. The van der Waals surface area contributed by atoms with Gasteiger partial charge < -0.3 is 19.9 Å². The van der Waals surface area contributed by atoms with Gasteiger partial charge in [-0.1, -0.05) is 42.7 Å². The van der Waals surface area contributed by atoms with E-state index in [1.165, 1.54) is 29.5 Å². The summed E-state index contributed by atoms with van der Waals surface area (Å²) in [6.45, 7) is 5.68. The Labute approximate surface area is 184 Å². The minimum atomic E-state index is -0.984. The lowest BCUT2D eigenvalue weighted by molar-refractivity contribution is -0.145. The van der Waals surface area contributed by atoms with Gasteiger partial charge in [-0.2, -0.15) is 0 Å². The van der Waals surface area contributed by atoms with Gasteiger partial charge in [-0.3, -0.25) is 0 Å². The number of hydrogen-bond acceptors (Lipinski definition) is 4. The van der Waals surface area contributed by atoms with Crippen LogP contribution in [0.5, 0.6) is 0 Å². The summed E-state index contributed by atoms with van der Waals surface area (Å²) in [4.78, 5) is 12.1. The van der Waals surface area contributed by atoms with Crippen molar-refractivity contribution in [3.05, 3.63) is 53.1 Å². The molecule has 166 valence electrons. The van der Waals surface area contributed by atoms with E-state index in [9.17, 15) is 9.90 Å². The third-order valence-corrected chi connectivity index (χ3v) is 6.70. The number of ether oxygens (including phenoxy) is 2. The van der Waals surface area contributed by atoms with Crippen LogP contribution in [0.2, 0.25) is 0 Å². The molecule has 0 bridgehead atoms. The maximum atomic E-state index is 12.1. The fourth-order valence-corrected chi connectivity index (χ4v) is 4.73. The molecule has 0 spiro atoms. The molecule has 0 aromatic heterocycles. The van der Waals surface area contributed by atoms with Gasteiger partial charge in [0, 0.05) is 31.7 Å². The molecule has 2 fully saturated rings. The van der Waals surface area contributed by atoms with Crippen LogP contribution in [-0.2, 0) is 20.9 Å². The minimum absolute atomic E-state index is 0.323. The van der Waals surface area contributed by atoms with Crippen LogP contribution in [-0.4, -0.2) is 35.9 Å². The second-order valence-corrected chi connectivity index (χ2v) is 9.03. The highest BCUT2D eigenvalue weighted by molar-refractivity contribution is 5.83. The standard InChI is InChI=1S/C26H33NO4/c1-18-7-8-19(2)24(15-18)23-10-9-21(16-20(23)17-31-22-5-3-4-6-22)27-26(25(28)29)11-13-30-14-12-26/h7-10,15-16,22,27H,3-6,11-14,17H2,1-2H3,(H,28,29). The number of carbonyl (C=O) groups is 1. The molecule has 1 heterocycles. The number of aliphatic carboxylic acids is 1. The van der Waals surface area contributed by atoms with E-state index in [-0.39, 0.29) is 0 Å². The van der Waals surface area contributed by atoms with Crippen LogP contribution >= 0.6 is 0 Å². The highest BCUT2D eigenvalue weighted by Crippen LogP contribution is 2.34. The number of nitrogens with one attached hydrogen (secondary N) is 1. The van der Waals surface area contributed by atoms with Crippen LogP contribution in [0.1, 0.15) is 55.2 Å². The number of rotatable bonds is 7. The maximum Gasteiger partial charge on any atom is 0.329 e. The molecule has 5 heteroatoms. The molecule has 5 nitrogen and oxygen atoms in total. The molecule has 31 heavy (non-hydrogen) atoms. The Morgan fingerprint density at radius 3 is 2.55 bits per heavy atom. The second-order valence-electron chi connectivity index (χ2n) is 9.03. The van der Waals surface area contributed by atoms with Crippen LogP contribution < -0.4 is 5.32 Å². The molecule has 0 atom stereocenters. The molecule has 4 rings (SSSR count). The molecule has 1 aliphatic heterocycles. The molecule has 1 aliphatic carbocycles. The molecular weight excluding hydrogens is 390 g/mol. The normalized spacial score (nSPS) is 18.8. The molecule has 2 aromatic carbocycles. The lowest BCUT2D eigenvalue weighted by Crippen LogP contribution is -2.50. The first kappa shape index (κ1) is 21.8. The Bertz CT molecular complexity index is 927. The average molecular weight is 424 g/mol. The van der Waals surface area contributed by atoms with Gasteiger partial charge in [0.15, 0.2) is 0 Å². The summed E-state index contributed by atoms with van der Waals surface area (Å²) in [5, 5.41) is 13.3. The van der Waals surface area contributed by atoms with Crippen molar-refractivity contribution >= 4 is 11.7 Å². The van der Waals surface area contributed by atoms with Gasteiger partial charge >= 0.3 is 5.97 Å². The van der Waals surface area contributed by atoms with Crippen LogP contribution in [0.4, 0.5) is 5.69 Å². The van der Waals surface area contributed by atoms with Crippen molar-refractivity contribution in [2.75, 3.05) is 18.5 Å². The summed E-state index contributed by atoms with van der Waals surface area (Å²) in [6, 6.07) is 12.7. The van der Waals surface area contributed by atoms with Crippen LogP contribution in [0.15, 0.2) is 36.4 Å². The Kier molecular flexibility index (Phi) is 6.63. The summed E-state index contributed by atoms with van der Waals surface area (Å²) < 4.78 is 11.7. The van der Waals surface area contributed by atoms with E-state index in [0.717, 1.165) is 29.7 Å². The first-order chi connectivity index (χ1) is 15.0. The van der Waals surface area contributed by atoms with Gasteiger partial charge in [0.1, 0.15) is 5.54 Å². The quantitative estimate of drug-likeness (QED) is 0.618. The number of carboxylic acids is 1.